The lowest BCUT2D eigenvalue weighted by Gasteiger charge is -2.35. The number of esters is 1. The minimum atomic E-state index is -1.01. The molecule has 13 nitrogen and oxygen atoms in total. The lowest BCUT2D eigenvalue weighted by molar-refractivity contribution is -0.148. The number of ether oxygens (including phenoxy) is 2. The molecule has 3 N–H and O–H groups in total. The van der Waals surface area contributed by atoms with Crippen LogP contribution in [0.5, 0.6) is 5.75 Å². The first-order valence-corrected chi connectivity index (χ1v) is 15.0. The Labute approximate surface area is 253 Å². The number of carboxylic acids is 3. The molecule has 242 valence electrons. The van der Waals surface area contributed by atoms with Crippen molar-refractivity contribution in [2.45, 2.75) is 45.1 Å². The van der Waals surface area contributed by atoms with Crippen molar-refractivity contribution >= 4 is 23.9 Å². The van der Waals surface area contributed by atoms with Gasteiger partial charge in [0.1, 0.15) is 11.8 Å². The summed E-state index contributed by atoms with van der Waals surface area (Å²) >= 11 is 0. The molecule has 1 aromatic rings. The molecule has 1 atom stereocenters. The molecule has 1 saturated heterocycles. The third-order valence-electron chi connectivity index (χ3n) is 7.50. The summed E-state index contributed by atoms with van der Waals surface area (Å²) in [6, 6.07) is 7.35. The quantitative estimate of drug-likeness (QED) is 0.182. The van der Waals surface area contributed by atoms with Gasteiger partial charge in [-0.25, -0.2) is 0 Å². The van der Waals surface area contributed by atoms with E-state index < -0.39 is 29.9 Å². The van der Waals surface area contributed by atoms with Crippen molar-refractivity contribution in [3.05, 3.63) is 29.8 Å². The lowest BCUT2D eigenvalue weighted by Crippen LogP contribution is -2.52. The van der Waals surface area contributed by atoms with Gasteiger partial charge in [0.2, 0.25) is 0 Å². The highest BCUT2D eigenvalue weighted by atomic mass is 16.5. The van der Waals surface area contributed by atoms with Crippen molar-refractivity contribution < 1.29 is 44.0 Å². The molecule has 0 spiro atoms. The van der Waals surface area contributed by atoms with E-state index in [4.69, 9.17) is 9.47 Å². The fourth-order valence-corrected chi connectivity index (χ4v) is 5.08. The van der Waals surface area contributed by atoms with E-state index in [2.05, 4.69) is 6.92 Å². The molecule has 2 rings (SSSR count). The fraction of sp³-hybridized carbons (Fsp3) is 0.667. The van der Waals surface area contributed by atoms with Gasteiger partial charge >= 0.3 is 23.9 Å². The zero-order chi connectivity index (χ0) is 31.6. The van der Waals surface area contributed by atoms with Gasteiger partial charge in [-0.3, -0.25) is 38.8 Å². The maximum absolute atomic E-state index is 13.0. The molecule has 0 bridgehead atoms. The normalized spacial score (nSPS) is 17.3. The van der Waals surface area contributed by atoms with Crippen molar-refractivity contribution in [3.8, 4) is 5.75 Å². The van der Waals surface area contributed by atoms with E-state index in [9.17, 15) is 34.5 Å². The molecule has 0 unspecified atom stereocenters. The summed E-state index contributed by atoms with van der Waals surface area (Å²) in [6.45, 7) is 4.75. The van der Waals surface area contributed by atoms with Gasteiger partial charge in [-0.05, 0) is 43.4 Å². The standard InChI is InChI=1S/C30H48N4O9/c1-3-4-20-43-25-10-8-24(9-11-25)6-5-7-26(30(41)42-2)34-18-16-32(22-28(37)38)14-12-31(21-27(35)36)13-15-33(17-19-34)23-29(39)40/h8-11,26H,3-7,12-23H2,1-2H3,(H,35,36)(H,37,38)(H,39,40)/t26-/m0/s1. The molecule has 1 fully saturated rings. The Bertz CT molecular complexity index is 976. The maximum atomic E-state index is 13.0. The molecule has 1 aromatic carbocycles. The number of unbranched alkanes of at least 4 members (excludes halogenated alkanes) is 1. The number of carbonyl (C=O) groups excluding carboxylic acids is 1. The van der Waals surface area contributed by atoms with Crippen LogP contribution >= 0.6 is 0 Å². The molecule has 1 aliphatic heterocycles. The highest BCUT2D eigenvalue weighted by Crippen LogP contribution is 2.17. The minimum absolute atomic E-state index is 0.221. The molecule has 0 radical (unpaired) electrons. The van der Waals surface area contributed by atoms with E-state index in [-0.39, 0.29) is 19.6 Å². The van der Waals surface area contributed by atoms with Gasteiger partial charge in [-0.1, -0.05) is 25.5 Å². The maximum Gasteiger partial charge on any atom is 0.323 e. The summed E-state index contributed by atoms with van der Waals surface area (Å²) in [6.07, 6.45) is 4.02. The highest BCUT2D eigenvalue weighted by Gasteiger charge is 2.28. The average molecular weight is 609 g/mol. The van der Waals surface area contributed by atoms with Crippen molar-refractivity contribution in [2.24, 2.45) is 0 Å². The average Bonchev–Trinajstić information content (AvgIpc) is 2.95. The third kappa shape index (κ3) is 14.7. The van der Waals surface area contributed by atoms with Crippen LogP contribution in [0.25, 0.3) is 0 Å². The third-order valence-corrected chi connectivity index (χ3v) is 7.50. The van der Waals surface area contributed by atoms with E-state index in [0.717, 1.165) is 30.6 Å². The van der Waals surface area contributed by atoms with E-state index in [1.165, 1.54) is 7.11 Å². The first kappa shape index (κ1) is 35.9. The molecule has 0 aliphatic carbocycles. The largest absolute Gasteiger partial charge is 0.494 e. The molecule has 43 heavy (non-hydrogen) atoms. The number of methoxy groups -OCH3 is 1. The summed E-state index contributed by atoms with van der Waals surface area (Å²) in [7, 11) is 1.34. The summed E-state index contributed by atoms with van der Waals surface area (Å²) < 4.78 is 10.9. The second-order valence-corrected chi connectivity index (χ2v) is 10.8. The van der Waals surface area contributed by atoms with E-state index in [1.54, 1.807) is 14.7 Å². The number of benzene rings is 1. The Morgan fingerprint density at radius 2 is 1.21 bits per heavy atom. The number of carboxylic acid groups (broad SMARTS) is 3. The number of hydrogen-bond donors (Lipinski definition) is 3. The van der Waals surface area contributed by atoms with E-state index in [0.29, 0.717) is 71.8 Å². The zero-order valence-corrected chi connectivity index (χ0v) is 25.5. The molecule has 1 aliphatic rings. The van der Waals surface area contributed by atoms with Crippen molar-refractivity contribution in [3.63, 3.8) is 0 Å². The van der Waals surface area contributed by atoms with E-state index in [1.807, 2.05) is 29.2 Å². The van der Waals surface area contributed by atoms with Crippen LogP contribution in [0.4, 0.5) is 0 Å². The predicted octanol–water partition coefficient (Wildman–Crippen LogP) is 1.21. The number of carbonyl (C=O) groups is 4. The van der Waals surface area contributed by atoms with Gasteiger partial charge in [0.05, 0.1) is 33.4 Å². The Balaban J connectivity index is 2.16. The van der Waals surface area contributed by atoms with Gasteiger partial charge in [-0.2, -0.15) is 0 Å². The molecule has 0 aromatic heterocycles. The number of rotatable bonds is 16. The first-order valence-electron chi connectivity index (χ1n) is 15.0. The van der Waals surface area contributed by atoms with Crippen LogP contribution in [-0.4, -0.2) is 151 Å². The number of hydrogen-bond acceptors (Lipinski definition) is 10. The topological polar surface area (TPSA) is 160 Å². The van der Waals surface area contributed by atoms with Crippen LogP contribution in [-0.2, 0) is 30.3 Å². The first-order chi connectivity index (χ1) is 20.6. The zero-order valence-electron chi connectivity index (χ0n) is 25.5. The van der Waals surface area contributed by atoms with Crippen LogP contribution in [0, 0.1) is 0 Å². The Morgan fingerprint density at radius 1 is 0.744 bits per heavy atom. The van der Waals surface area contributed by atoms with Crippen LogP contribution in [0.3, 0.4) is 0 Å². The second kappa shape index (κ2) is 19.8. The summed E-state index contributed by atoms with van der Waals surface area (Å²) in [4.78, 5) is 54.7. The van der Waals surface area contributed by atoms with Crippen LogP contribution < -0.4 is 4.74 Å². The molecule has 0 saturated carbocycles. The van der Waals surface area contributed by atoms with Crippen molar-refractivity contribution in [1.29, 1.82) is 0 Å². The molecular weight excluding hydrogens is 560 g/mol. The fourth-order valence-electron chi connectivity index (χ4n) is 5.08. The summed E-state index contributed by atoms with van der Waals surface area (Å²) in [5.41, 5.74) is 1.12. The number of aliphatic carboxylic acids is 3. The van der Waals surface area contributed by atoms with Crippen molar-refractivity contribution in [1.82, 2.24) is 19.6 Å². The van der Waals surface area contributed by atoms with E-state index >= 15 is 0 Å². The van der Waals surface area contributed by atoms with Gasteiger partial charge in [0, 0.05) is 52.4 Å². The van der Waals surface area contributed by atoms with Crippen LogP contribution in [0.2, 0.25) is 0 Å². The highest BCUT2D eigenvalue weighted by molar-refractivity contribution is 5.75. The lowest BCUT2D eigenvalue weighted by atomic mass is 10.0. The number of nitrogens with zero attached hydrogens (tertiary/aromatic N) is 4. The number of aryl methyl sites for hydroxylation is 1. The second-order valence-electron chi connectivity index (χ2n) is 10.8. The smallest absolute Gasteiger partial charge is 0.323 e. The predicted molar refractivity (Wildman–Crippen MR) is 159 cm³/mol. The van der Waals surface area contributed by atoms with Gasteiger partial charge in [0.25, 0.3) is 0 Å². The van der Waals surface area contributed by atoms with Gasteiger partial charge in [-0.15, -0.1) is 0 Å². The Morgan fingerprint density at radius 3 is 1.63 bits per heavy atom. The van der Waals surface area contributed by atoms with Crippen molar-refractivity contribution in [2.75, 3.05) is 85.7 Å². The Hall–Kier alpha value is -3.26. The van der Waals surface area contributed by atoms with Crippen LogP contribution in [0.15, 0.2) is 24.3 Å². The minimum Gasteiger partial charge on any atom is -0.494 e. The van der Waals surface area contributed by atoms with Gasteiger partial charge < -0.3 is 24.8 Å². The SMILES string of the molecule is CCCCOc1ccc(CCC[C@@H](C(=O)OC)N2CCN(CC(=O)O)CCN(CC(=O)O)CCN(CC(=O)O)CC2)cc1. The molecule has 13 heteroatoms. The molecular formula is C30H48N4O9. The van der Waals surface area contributed by atoms with Crippen LogP contribution in [0.1, 0.15) is 38.2 Å². The molecule has 1 heterocycles. The Kier molecular flexibility index (Phi) is 16.6. The summed E-state index contributed by atoms with van der Waals surface area (Å²) in [5, 5.41) is 28.3. The monoisotopic (exact) mass is 608 g/mol. The summed E-state index contributed by atoms with van der Waals surface area (Å²) in [5.74, 6) is -2.57. The molecule has 0 amide bonds. The van der Waals surface area contributed by atoms with Gasteiger partial charge in [0.15, 0.2) is 0 Å².